The third kappa shape index (κ3) is 1.42. The second-order valence-corrected chi connectivity index (χ2v) is 6.43. The van der Waals surface area contributed by atoms with Crippen LogP contribution in [0.4, 0.5) is 0 Å². The molecular weight excluding hydrogens is 264 g/mol. The van der Waals surface area contributed by atoms with Crippen LogP contribution < -0.4 is 0 Å². The largest absolute Gasteiger partial charge is 0.0610 e. The Kier molecular flexibility index (Phi) is 2.17. The fourth-order valence-electron chi connectivity index (χ4n) is 4.03. The van der Waals surface area contributed by atoms with Crippen molar-refractivity contribution in [2.24, 2.45) is 0 Å². The summed E-state index contributed by atoms with van der Waals surface area (Å²) in [5.74, 6) is 0. The van der Waals surface area contributed by atoms with E-state index in [4.69, 9.17) is 0 Å². The maximum absolute atomic E-state index is 2.34. The summed E-state index contributed by atoms with van der Waals surface area (Å²) in [6.45, 7) is 4.38. The van der Waals surface area contributed by atoms with E-state index in [0.717, 1.165) is 0 Å². The van der Waals surface area contributed by atoms with Gasteiger partial charge in [-0.15, -0.1) is 0 Å². The molecule has 0 saturated carbocycles. The Morgan fingerprint density at radius 3 is 1.41 bits per heavy atom. The fraction of sp³-hybridized carbons (Fsp3) is 0.0909. The first-order chi connectivity index (χ1) is 10.7. The minimum Gasteiger partial charge on any atom is -0.0610 e. The molecule has 0 nitrogen and oxygen atoms in total. The van der Waals surface area contributed by atoms with Gasteiger partial charge in [0.25, 0.3) is 0 Å². The topological polar surface area (TPSA) is 0 Å². The summed E-state index contributed by atoms with van der Waals surface area (Å²) in [4.78, 5) is 0. The lowest BCUT2D eigenvalue weighted by Crippen LogP contribution is -1.88. The van der Waals surface area contributed by atoms with E-state index in [9.17, 15) is 0 Å². The zero-order valence-corrected chi connectivity index (χ0v) is 12.8. The fourth-order valence-corrected chi connectivity index (χ4v) is 4.03. The predicted octanol–water partition coefficient (Wildman–Crippen LogP) is 6.35. The van der Waals surface area contributed by atoms with Crippen molar-refractivity contribution in [2.75, 3.05) is 0 Å². The summed E-state index contributed by atoms with van der Waals surface area (Å²) >= 11 is 0. The van der Waals surface area contributed by atoms with Gasteiger partial charge < -0.3 is 0 Å². The molecule has 0 aliphatic heterocycles. The second-order valence-electron chi connectivity index (χ2n) is 6.43. The Morgan fingerprint density at radius 1 is 0.500 bits per heavy atom. The number of fused-ring (bicyclic) bond motifs is 2. The van der Waals surface area contributed by atoms with E-state index in [1.54, 1.807) is 0 Å². The van der Waals surface area contributed by atoms with Gasteiger partial charge in [-0.05, 0) is 68.1 Å². The van der Waals surface area contributed by atoms with E-state index in [-0.39, 0.29) is 0 Å². The highest BCUT2D eigenvalue weighted by Gasteiger charge is 2.13. The van der Waals surface area contributed by atoms with Crippen molar-refractivity contribution in [3.8, 4) is 0 Å². The molecule has 22 heavy (non-hydrogen) atoms. The smallest absolute Gasteiger partial charge is 0.00262 e. The highest BCUT2D eigenvalue weighted by molar-refractivity contribution is 6.33. The zero-order chi connectivity index (χ0) is 14.8. The van der Waals surface area contributed by atoms with Crippen molar-refractivity contribution in [1.29, 1.82) is 0 Å². The van der Waals surface area contributed by atoms with Gasteiger partial charge in [0.15, 0.2) is 0 Å². The predicted molar refractivity (Wildman–Crippen MR) is 97.1 cm³/mol. The molecule has 104 valence electrons. The second kappa shape index (κ2) is 3.98. The molecule has 5 rings (SSSR count). The van der Waals surface area contributed by atoms with E-state index in [0.29, 0.717) is 0 Å². The molecule has 0 heteroatoms. The van der Waals surface area contributed by atoms with Crippen LogP contribution in [0, 0.1) is 13.8 Å². The highest BCUT2D eigenvalue weighted by atomic mass is 14.2. The van der Waals surface area contributed by atoms with Crippen LogP contribution in [0.1, 0.15) is 11.1 Å². The van der Waals surface area contributed by atoms with Crippen LogP contribution in [0.25, 0.3) is 43.1 Å². The van der Waals surface area contributed by atoms with Crippen molar-refractivity contribution in [1.82, 2.24) is 0 Å². The van der Waals surface area contributed by atoms with Crippen molar-refractivity contribution < 1.29 is 0 Å². The van der Waals surface area contributed by atoms with Gasteiger partial charge in [0.05, 0.1) is 0 Å². The number of benzene rings is 5. The molecule has 0 unspecified atom stereocenters. The molecular formula is C22H16. The quantitative estimate of drug-likeness (QED) is 0.229. The monoisotopic (exact) mass is 280 g/mol. The molecule has 0 N–H and O–H groups in total. The summed E-state index contributed by atoms with van der Waals surface area (Å²) in [5.41, 5.74) is 2.65. The van der Waals surface area contributed by atoms with Gasteiger partial charge in [-0.25, -0.2) is 0 Å². The lowest BCUT2D eigenvalue weighted by molar-refractivity contribution is 1.51. The lowest BCUT2D eigenvalue weighted by atomic mass is 9.88. The van der Waals surface area contributed by atoms with Gasteiger partial charge in [-0.1, -0.05) is 60.7 Å². The summed E-state index contributed by atoms with van der Waals surface area (Å²) in [6.07, 6.45) is 0. The molecule has 0 amide bonds. The first-order valence-corrected chi connectivity index (χ1v) is 7.80. The van der Waals surface area contributed by atoms with Gasteiger partial charge in [-0.2, -0.15) is 0 Å². The summed E-state index contributed by atoms with van der Waals surface area (Å²) in [5, 5.41) is 11.0. The molecule has 0 aliphatic rings. The Labute approximate surface area is 129 Å². The molecule has 0 saturated heterocycles. The maximum Gasteiger partial charge on any atom is -0.00262 e. The number of rotatable bonds is 0. The number of hydrogen-bond donors (Lipinski definition) is 0. The van der Waals surface area contributed by atoms with Gasteiger partial charge in [0, 0.05) is 0 Å². The van der Waals surface area contributed by atoms with Crippen molar-refractivity contribution in [3.05, 3.63) is 71.8 Å². The van der Waals surface area contributed by atoms with Crippen LogP contribution in [-0.2, 0) is 0 Å². The maximum atomic E-state index is 2.34. The van der Waals surface area contributed by atoms with Crippen LogP contribution in [0.15, 0.2) is 60.7 Å². The lowest BCUT2D eigenvalue weighted by Gasteiger charge is -2.15. The minimum atomic E-state index is 1.33. The Balaban J connectivity index is 2.28. The van der Waals surface area contributed by atoms with E-state index < -0.39 is 0 Å². The van der Waals surface area contributed by atoms with E-state index in [1.165, 1.54) is 54.2 Å². The number of hydrogen-bond acceptors (Lipinski definition) is 0. The third-order valence-electron chi connectivity index (χ3n) is 4.82. The third-order valence-corrected chi connectivity index (χ3v) is 4.82. The van der Waals surface area contributed by atoms with Gasteiger partial charge >= 0.3 is 0 Å². The average molecular weight is 280 g/mol. The molecule has 0 radical (unpaired) electrons. The number of aryl methyl sites for hydroxylation is 2. The molecule has 0 heterocycles. The summed E-state index contributed by atoms with van der Waals surface area (Å²) in [7, 11) is 0. The summed E-state index contributed by atoms with van der Waals surface area (Å²) < 4.78 is 0. The van der Waals surface area contributed by atoms with Gasteiger partial charge in [-0.3, -0.25) is 0 Å². The highest BCUT2D eigenvalue weighted by Crippen LogP contribution is 2.40. The van der Waals surface area contributed by atoms with Crippen LogP contribution >= 0.6 is 0 Å². The van der Waals surface area contributed by atoms with Crippen LogP contribution in [-0.4, -0.2) is 0 Å². The molecule has 0 bridgehead atoms. The molecule has 5 aromatic carbocycles. The van der Waals surface area contributed by atoms with Gasteiger partial charge in [0.1, 0.15) is 0 Å². The zero-order valence-electron chi connectivity index (χ0n) is 12.8. The molecule has 5 aromatic rings. The van der Waals surface area contributed by atoms with Crippen molar-refractivity contribution in [2.45, 2.75) is 13.8 Å². The van der Waals surface area contributed by atoms with Crippen molar-refractivity contribution >= 4 is 43.1 Å². The first-order valence-electron chi connectivity index (χ1n) is 7.80. The minimum absolute atomic E-state index is 1.33. The molecule has 0 atom stereocenters. The average Bonchev–Trinajstić information content (AvgIpc) is 2.51. The Morgan fingerprint density at radius 2 is 0.955 bits per heavy atom. The van der Waals surface area contributed by atoms with Gasteiger partial charge in [0.2, 0.25) is 0 Å². The SMILES string of the molecule is Cc1cc2cccc3c4cccc5cc(C)cc(c(c1)c23)c54. The van der Waals surface area contributed by atoms with Crippen LogP contribution in [0.5, 0.6) is 0 Å². The van der Waals surface area contributed by atoms with E-state index in [1.807, 2.05) is 0 Å². The standard InChI is InChI=1S/C22H16/c1-13-9-15-5-3-7-17-18-8-4-6-16-10-14(2)12-20(22(16)18)19(11-13)21(15)17/h3-12H,1-2H3. The molecule has 0 spiro atoms. The van der Waals surface area contributed by atoms with E-state index >= 15 is 0 Å². The van der Waals surface area contributed by atoms with Crippen LogP contribution in [0.3, 0.4) is 0 Å². The Bertz CT molecular complexity index is 1080. The van der Waals surface area contributed by atoms with E-state index in [2.05, 4.69) is 74.5 Å². The van der Waals surface area contributed by atoms with Crippen LogP contribution in [0.2, 0.25) is 0 Å². The molecule has 0 fully saturated rings. The Hall–Kier alpha value is -2.60. The molecule has 0 aromatic heterocycles. The summed E-state index contributed by atoms with van der Waals surface area (Å²) in [6, 6.07) is 22.6. The first kappa shape index (κ1) is 12.0. The normalized spacial score (nSPS) is 12.1. The molecule has 0 aliphatic carbocycles. The van der Waals surface area contributed by atoms with Crippen molar-refractivity contribution in [3.63, 3.8) is 0 Å².